The van der Waals surface area contributed by atoms with E-state index in [1.165, 1.54) is 6.92 Å². The van der Waals surface area contributed by atoms with Crippen LogP contribution in [0, 0.1) is 6.92 Å². The molecule has 2 aliphatic heterocycles. The van der Waals surface area contributed by atoms with Crippen LogP contribution in [0.5, 0.6) is 0 Å². The average Bonchev–Trinajstić information content (AvgIpc) is 3.01. The van der Waals surface area contributed by atoms with E-state index in [1.54, 1.807) is 0 Å². The highest BCUT2D eigenvalue weighted by Gasteiger charge is 2.53. The van der Waals surface area contributed by atoms with Crippen LogP contribution in [-0.2, 0) is 14.8 Å². The van der Waals surface area contributed by atoms with Gasteiger partial charge in [-0.1, -0.05) is 11.3 Å². The van der Waals surface area contributed by atoms with Crippen LogP contribution in [0.1, 0.15) is 12.1 Å². The van der Waals surface area contributed by atoms with E-state index in [0.29, 0.717) is 11.3 Å². The van der Waals surface area contributed by atoms with Gasteiger partial charge in [0.15, 0.2) is 4.21 Å². The summed E-state index contributed by atoms with van der Waals surface area (Å²) < 4.78 is 26.1. The topological polar surface area (TPSA) is 128 Å². The molecule has 1 aromatic rings. The number of aromatic nitrogens is 1. The van der Waals surface area contributed by atoms with Gasteiger partial charge in [-0.05, 0) is 13.3 Å². The fourth-order valence-electron chi connectivity index (χ4n) is 2.55. The molecule has 3 rings (SSSR count). The molecule has 0 saturated carbocycles. The Morgan fingerprint density at radius 1 is 1.29 bits per heavy atom. The molecule has 3 heterocycles. The zero-order chi connectivity index (χ0) is 15.4. The van der Waals surface area contributed by atoms with Gasteiger partial charge in [0.1, 0.15) is 5.54 Å². The SMILES string of the molecule is Cc1[nH]c(=O)sc1S(=O)(=O)N1CCC2(C1)NC(=O)NC2=O. The van der Waals surface area contributed by atoms with E-state index in [4.69, 9.17) is 0 Å². The van der Waals surface area contributed by atoms with Crippen LogP contribution in [0.15, 0.2) is 9.00 Å². The molecule has 0 aromatic carbocycles. The quantitative estimate of drug-likeness (QED) is 0.581. The number of rotatable bonds is 2. The Kier molecular flexibility index (Phi) is 2.97. The molecule has 1 unspecified atom stereocenters. The number of nitrogens with one attached hydrogen (secondary N) is 3. The Balaban J connectivity index is 1.93. The van der Waals surface area contributed by atoms with Gasteiger partial charge in [0.05, 0.1) is 0 Å². The van der Waals surface area contributed by atoms with Crippen molar-refractivity contribution < 1.29 is 18.0 Å². The first-order valence-corrected chi connectivity index (χ1v) is 8.34. The number of urea groups is 1. The number of hydrogen-bond donors (Lipinski definition) is 3. The maximum atomic E-state index is 12.5. The molecule has 3 N–H and O–H groups in total. The summed E-state index contributed by atoms with van der Waals surface area (Å²) in [5, 5.41) is 4.59. The average molecular weight is 332 g/mol. The number of sulfonamides is 1. The summed E-state index contributed by atoms with van der Waals surface area (Å²) in [6.45, 7) is 1.46. The third-order valence-corrected chi connectivity index (χ3v) is 7.03. The Labute approximate surface area is 123 Å². The third-order valence-electron chi connectivity index (χ3n) is 3.60. The van der Waals surface area contributed by atoms with Gasteiger partial charge in [-0.25, -0.2) is 13.2 Å². The summed E-state index contributed by atoms with van der Waals surface area (Å²) in [6.07, 6.45) is 0.197. The largest absolute Gasteiger partial charge is 0.322 e. The molecule has 0 radical (unpaired) electrons. The number of aryl methyl sites for hydroxylation is 1. The van der Waals surface area contributed by atoms with Crippen molar-refractivity contribution >= 4 is 33.3 Å². The van der Waals surface area contributed by atoms with Gasteiger partial charge >= 0.3 is 10.9 Å². The Morgan fingerprint density at radius 2 is 2.00 bits per heavy atom. The molecule has 9 nitrogen and oxygen atoms in total. The second-order valence-electron chi connectivity index (χ2n) is 5.01. The molecule has 114 valence electrons. The van der Waals surface area contributed by atoms with Gasteiger partial charge in [-0.2, -0.15) is 4.31 Å². The van der Waals surface area contributed by atoms with Gasteiger partial charge in [0.2, 0.25) is 0 Å². The first-order chi connectivity index (χ1) is 9.74. The van der Waals surface area contributed by atoms with E-state index in [9.17, 15) is 22.8 Å². The third kappa shape index (κ3) is 2.08. The maximum Gasteiger partial charge on any atom is 0.322 e. The molecule has 2 fully saturated rings. The van der Waals surface area contributed by atoms with Crippen LogP contribution in [0.25, 0.3) is 0 Å². The predicted molar refractivity (Wildman–Crippen MR) is 72.5 cm³/mol. The van der Waals surface area contributed by atoms with E-state index >= 15 is 0 Å². The minimum atomic E-state index is -3.86. The lowest BCUT2D eigenvalue weighted by Crippen LogP contribution is -2.49. The van der Waals surface area contributed by atoms with E-state index < -0.39 is 32.4 Å². The summed E-state index contributed by atoms with van der Waals surface area (Å²) >= 11 is 0.612. The lowest BCUT2D eigenvalue weighted by Gasteiger charge is -2.20. The fourth-order valence-corrected chi connectivity index (χ4v) is 5.48. The molecule has 11 heteroatoms. The van der Waals surface area contributed by atoms with Crippen molar-refractivity contribution in [2.24, 2.45) is 0 Å². The van der Waals surface area contributed by atoms with Crippen molar-refractivity contribution in [1.29, 1.82) is 0 Å². The van der Waals surface area contributed by atoms with Crippen molar-refractivity contribution in [3.05, 3.63) is 15.4 Å². The number of imide groups is 1. The van der Waals surface area contributed by atoms with Crippen LogP contribution < -0.4 is 15.5 Å². The molecule has 1 aromatic heterocycles. The number of carbonyl (C=O) groups is 2. The van der Waals surface area contributed by atoms with Gasteiger partial charge in [-0.3, -0.25) is 14.9 Å². The van der Waals surface area contributed by atoms with Gasteiger partial charge in [0.25, 0.3) is 15.9 Å². The van der Waals surface area contributed by atoms with Crippen molar-refractivity contribution in [2.75, 3.05) is 13.1 Å². The predicted octanol–water partition coefficient (Wildman–Crippen LogP) is -1.28. The van der Waals surface area contributed by atoms with Crippen LogP contribution in [0.4, 0.5) is 4.79 Å². The number of carbonyl (C=O) groups excluding carboxylic acids is 2. The Bertz CT molecular complexity index is 795. The number of nitrogens with zero attached hydrogens (tertiary/aromatic N) is 1. The Morgan fingerprint density at radius 3 is 2.52 bits per heavy atom. The Hall–Kier alpha value is -1.72. The van der Waals surface area contributed by atoms with E-state index in [0.717, 1.165) is 4.31 Å². The number of hydrogen-bond acceptors (Lipinski definition) is 6. The van der Waals surface area contributed by atoms with Crippen LogP contribution in [0.3, 0.4) is 0 Å². The van der Waals surface area contributed by atoms with Crippen LogP contribution in [0.2, 0.25) is 0 Å². The van der Waals surface area contributed by atoms with Crippen molar-refractivity contribution in [3.8, 4) is 0 Å². The van der Waals surface area contributed by atoms with E-state index in [1.807, 2.05) is 0 Å². The molecule has 0 bridgehead atoms. The molecule has 2 saturated heterocycles. The minimum Gasteiger partial charge on any atom is -0.322 e. The summed E-state index contributed by atoms with van der Waals surface area (Å²) in [7, 11) is -3.86. The normalized spacial score (nSPS) is 26.3. The summed E-state index contributed by atoms with van der Waals surface area (Å²) in [5.74, 6) is -0.524. The highest BCUT2D eigenvalue weighted by atomic mass is 32.2. The number of H-pyrrole nitrogens is 1. The summed E-state index contributed by atoms with van der Waals surface area (Å²) in [6, 6.07) is -0.623. The molecule has 1 atom stereocenters. The smallest absolute Gasteiger partial charge is 0.322 e. The number of amides is 3. The first kappa shape index (κ1) is 14.2. The second kappa shape index (κ2) is 4.39. The summed E-state index contributed by atoms with van der Waals surface area (Å²) in [4.78, 5) is 36.3. The molecule has 1 spiro atoms. The zero-order valence-electron chi connectivity index (χ0n) is 10.9. The second-order valence-corrected chi connectivity index (χ2v) is 8.12. The molecule has 3 amide bonds. The van der Waals surface area contributed by atoms with Gasteiger partial charge in [0, 0.05) is 18.8 Å². The van der Waals surface area contributed by atoms with E-state index in [2.05, 4.69) is 15.6 Å². The standard InChI is InChI=1S/C10H12N4O5S2/c1-5-6(20-9(17)11-5)21(18,19)14-3-2-10(4-14)7(15)12-8(16)13-10/h2-4H2,1H3,(H,11,17)(H2,12,13,15,16). The fraction of sp³-hybridized carbons (Fsp3) is 0.500. The van der Waals surface area contributed by atoms with Crippen molar-refractivity contribution in [1.82, 2.24) is 19.9 Å². The zero-order valence-corrected chi connectivity index (χ0v) is 12.6. The highest BCUT2D eigenvalue weighted by Crippen LogP contribution is 2.30. The monoisotopic (exact) mass is 332 g/mol. The van der Waals surface area contributed by atoms with E-state index in [-0.39, 0.29) is 29.4 Å². The van der Waals surface area contributed by atoms with Crippen LogP contribution in [-0.4, -0.2) is 48.3 Å². The van der Waals surface area contributed by atoms with Gasteiger partial charge in [-0.15, -0.1) is 0 Å². The molecular weight excluding hydrogens is 320 g/mol. The van der Waals surface area contributed by atoms with Crippen molar-refractivity contribution in [2.45, 2.75) is 23.1 Å². The lowest BCUT2D eigenvalue weighted by atomic mass is 10.00. The molecule has 2 aliphatic rings. The highest BCUT2D eigenvalue weighted by molar-refractivity contribution is 7.91. The van der Waals surface area contributed by atoms with Gasteiger partial charge < -0.3 is 10.3 Å². The molecule has 21 heavy (non-hydrogen) atoms. The number of thiazole rings is 1. The number of aromatic amines is 1. The van der Waals surface area contributed by atoms with Crippen LogP contribution >= 0.6 is 11.3 Å². The minimum absolute atomic E-state index is 0.0609. The first-order valence-electron chi connectivity index (χ1n) is 6.08. The van der Waals surface area contributed by atoms with Crippen molar-refractivity contribution in [3.63, 3.8) is 0 Å². The summed E-state index contributed by atoms with van der Waals surface area (Å²) in [5.41, 5.74) is -0.940. The molecular formula is C10H12N4O5S2. The lowest BCUT2D eigenvalue weighted by molar-refractivity contribution is -0.123. The maximum absolute atomic E-state index is 12.5. The molecule has 0 aliphatic carbocycles.